The Kier molecular flexibility index (Phi) is 1.94. The van der Waals surface area contributed by atoms with Crippen molar-refractivity contribution in [2.45, 2.75) is 13.2 Å². The lowest BCUT2D eigenvalue weighted by molar-refractivity contribution is -0.0466. The van der Waals surface area contributed by atoms with Crippen LogP contribution in [0.15, 0.2) is 12.4 Å². The molecule has 4 heteroatoms. The summed E-state index contributed by atoms with van der Waals surface area (Å²) in [7, 11) is 0. The summed E-state index contributed by atoms with van der Waals surface area (Å²) in [5.74, 6) is 0. The molecule has 0 radical (unpaired) electrons. The first kappa shape index (κ1) is 7.11. The summed E-state index contributed by atoms with van der Waals surface area (Å²) in [6, 6.07) is 0. The van der Waals surface area contributed by atoms with Gasteiger partial charge in [-0.05, 0) is 6.92 Å². The van der Waals surface area contributed by atoms with Gasteiger partial charge in [-0.25, -0.2) is 0 Å². The van der Waals surface area contributed by atoms with Gasteiger partial charge in [-0.15, -0.1) is 0 Å². The second kappa shape index (κ2) is 2.72. The van der Waals surface area contributed by atoms with Crippen LogP contribution in [0.1, 0.15) is 17.7 Å². The number of rotatable bonds is 1. The highest BCUT2D eigenvalue weighted by molar-refractivity contribution is 5.08. The molecule has 1 rings (SSSR count). The van der Waals surface area contributed by atoms with Crippen LogP contribution >= 0.6 is 0 Å². The normalized spacial score (nSPS) is 10.4. The summed E-state index contributed by atoms with van der Waals surface area (Å²) in [5, 5.41) is 17.3. The van der Waals surface area contributed by atoms with Crippen LogP contribution in [0.5, 0.6) is 0 Å². The van der Waals surface area contributed by atoms with E-state index in [1.807, 2.05) is 0 Å². The van der Waals surface area contributed by atoms with Gasteiger partial charge in [0.1, 0.15) is 5.69 Å². The van der Waals surface area contributed by atoms with Crippen molar-refractivity contribution in [3.63, 3.8) is 0 Å². The van der Waals surface area contributed by atoms with Crippen LogP contribution < -0.4 is 0 Å². The summed E-state index contributed by atoms with van der Waals surface area (Å²) in [5.41, 5.74) is 0.750. The molecule has 0 saturated heterocycles. The quantitative estimate of drug-likeness (QED) is 0.529. The van der Waals surface area contributed by atoms with E-state index >= 15 is 0 Å². The molecular formula is C6H8N2O2. The van der Waals surface area contributed by atoms with E-state index in [4.69, 9.17) is 10.2 Å². The zero-order valence-corrected chi connectivity index (χ0v) is 5.52. The molecule has 10 heavy (non-hydrogen) atoms. The molecule has 1 heterocycles. The Morgan fingerprint density at radius 1 is 1.30 bits per heavy atom. The molecule has 0 atom stereocenters. The highest BCUT2D eigenvalue weighted by atomic mass is 16.5. The minimum atomic E-state index is -1.52. The van der Waals surface area contributed by atoms with E-state index in [-0.39, 0.29) is 5.69 Å². The minimum Gasteiger partial charge on any atom is -0.363 e. The molecular weight excluding hydrogens is 132 g/mol. The van der Waals surface area contributed by atoms with Crippen molar-refractivity contribution >= 4 is 0 Å². The molecule has 2 N–H and O–H groups in total. The van der Waals surface area contributed by atoms with E-state index in [1.54, 1.807) is 6.92 Å². The van der Waals surface area contributed by atoms with Crippen LogP contribution in [-0.4, -0.2) is 20.2 Å². The maximum atomic E-state index is 8.66. The number of hydrogen-bond acceptors (Lipinski definition) is 4. The Labute approximate surface area is 58.2 Å². The van der Waals surface area contributed by atoms with Gasteiger partial charge in [0.2, 0.25) is 0 Å². The zero-order valence-electron chi connectivity index (χ0n) is 5.52. The summed E-state index contributed by atoms with van der Waals surface area (Å²) in [6.45, 7) is 1.67. The maximum Gasteiger partial charge on any atom is 0.197 e. The molecule has 0 spiro atoms. The molecule has 0 aliphatic rings. The third-order valence-electron chi connectivity index (χ3n) is 1.16. The van der Waals surface area contributed by atoms with Crippen molar-refractivity contribution in [2.75, 3.05) is 0 Å². The highest BCUT2D eigenvalue weighted by Crippen LogP contribution is 2.07. The Balaban J connectivity index is 3.03. The van der Waals surface area contributed by atoms with E-state index in [2.05, 4.69) is 9.97 Å². The Morgan fingerprint density at radius 3 is 2.30 bits per heavy atom. The van der Waals surface area contributed by atoms with Crippen molar-refractivity contribution < 1.29 is 10.2 Å². The number of hydrogen-bond donors (Lipinski definition) is 2. The third kappa shape index (κ3) is 1.29. The van der Waals surface area contributed by atoms with Crippen molar-refractivity contribution in [1.29, 1.82) is 0 Å². The standard InChI is InChI=1S/C6H8N2O2/c1-4-5(6(9)10)8-3-2-7-4/h2-3,6,9-10H,1H3. The molecule has 1 aromatic rings. The molecule has 0 aromatic carbocycles. The summed E-state index contributed by atoms with van der Waals surface area (Å²) in [6.07, 6.45) is 1.40. The lowest BCUT2D eigenvalue weighted by Gasteiger charge is -2.03. The number of aliphatic hydroxyl groups is 2. The molecule has 0 unspecified atom stereocenters. The van der Waals surface area contributed by atoms with E-state index in [0.717, 1.165) is 0 Å². The molecule has 0 bridgehead atoms. The van der Waals surface area contributed by atoms with Crippen LogP contribution in [0.4, 0.5) is 0 Å². The van der Waals surface area contributed by atoms with Gasteiger partial charge in [0, 0.05) is 12.4 Å². The first-order chi connectivity index (χ1) is 4.72. The second-order valence-corrected chi connectivity index (χ2v) is 1.90. The fourth-order valence-electron chi connectivity index (χ4n) is 0.672. The van der Waals surface area contributed by atoms with Gasteiger partial charge >= 0.3 is 0 Å². The highest BCUT2D eigenvalue weighted by Gasteiger charge is 2.06. The minimum absolute atomic E-state index is 0.211. The lowest BCUT2D eigenvalue weighted by atomic mass is 10.3. The van der Waals surface area contributed by atoms with Crippen molar-refractivity contribution in [1.82, 2.24) is 9.97 Å². The van der Waals surface area contributed by atoms with Crippen LogP contribution in [0.3, 0.4) is 0 Å². The van der Waals surface area contributed by atoms with Crippen LogP contribution in [-0.2, 0) is 0 Å². The van der Waals surface area contributed by atoms with E-state index in [1.165, 1.54) is 12.4 Å². The second-order valence-electron chi connectivity index (χ2n) is 1.90. The topological polar surface area (TPSA) is 66.2 Å². The molecule has 0 fully saturated rings. The molecule has 4 nitrogen and oxygen atoms in total. The number of aromatic nitrogens is 2. The average molecular weight is 140 g/mol. The van der Waals surface area contributed by atoms with Gasteiger partial charge in [0.15, 0.2) is 6.29 Å². The molecule has 0 saturated carbocycles. The fourth-order valence-corrected chi connectivity index (χ4v) is 0.672. The van der Waals surface area contributed by atoms with Crippen molar-refractivity contribution in [2.24, 2.45) is 0 Å². The Hall–Kier alpha value is -1.00. The lowest BCUT2D eigenvalue weighted by Crippen LogP contribution is -2.02. The molecule has 0 aliphatic heterocycles. The van der Waals surface area contributed by atoms with Crippen LogP contribution in [0.2, 0.25) is 0 Å². The largest absolute Gasteiger partial charge is 0.363 e. The van der Waals surface area contributed by atoms with Crippen LogP contribution in [0.25, 0.3) is 0 Å². The molecule has 54 valence electrons. The zero-order chi connectivity index (χ0) is 7.56. The van der Waals surface area contributed by atoms with E-state index in [9.17, 15) is 0 Å². The smallest absolute Gasteiger partial charge is 0.197 e. The van der Waals surface area contributed by atoms with Gasteiger partial charge in [-0.3, -0.25) is 9.97 Å². The predicted octanol–water partition coefficient (Wildman–Crippen LogP) is -0.232. The van der Waals surface area contributed by atoms with Crippen molar-refractivity contribution in [3.05, 3.63) is 23.8 Å². The number of aryl methyl sites for hydroxylation is 1. The SMILES string of the molecule is Cc1nccnc1C(O)O. The first-order valence-electron chi connectivity index (χ1n) is 2.85. The predicted molar refractivity (Wildman–Crippen MR) is 33.9 cm³/mol. The van der Waals surface area contributed by atoms with Crippen molar-refractivity contribution in [3.8, 4) is 0 Å². The van der Waals surface area contributed by atoms with Gasteiger partial charge in [0.05, 0.1) is 5.69 Å². The molecule has 1 aromatic heterocycles. The molecule has 0 aliphatic carbocycles. The Morgan fingerprint density at radius 2 is 1.90 bits per heavy atom. The number of nitrogens with zero attached hydrogens (tertiary/aromatic N) is 2. The first-order valence-corrected chi connectivity index (χ1v) is 2.85. The maximum absolute atomic E-state index is 8.66. The molecule has 0 amide bonds. The monoisotopic (exact) mass is 140 g/mol. The van der Waals surface area contributed by atoms with E-state index < -0.39 is 6.29 Å². The van der Waals surface area contributed by atoms with E-state index in [0.29, 0.717) is 5.69 Å². The fraction of sp³-hybridized carbons (Fsp3) is 0.333. The Bertz CT molecular complexity index is 225. The summed E-state index contributed by atoms with van der Waals surface area (Å²) >= 11 is 0. The van der Waals surface area contributed by atoms with Gasteiger partial charge in [-0.1, -0.05) is 0 Å². The number of aliphatic hydroxyl groups excluding tert-OH is 1. The van der Waals surface area contributed by atoms with Gasteiger partial charge < -0.3 is 10.2 Å². The third-order valence-corrected chi connectivity index (χ3v) is 1.16. The van der Waals surface area contributed by atoms with Gasteiger partial charge in [0.25, 0.3) is 0 Å². The van der Waals surface area contributed by atoms with Crippen LogP contribution in [0, 0.1) is 6.92 Å². The summed E-state index contributed by atoms with van der Waals surface area (Å²) in [4.78, 5) is 7.53. The average Bonchev–Trinajstić information content (AvgIpc) is 1.88. The summed E-state index contributed by atoms with van der Waals surface area (Å²) < 4.78 is 0. The van der Waals surface area contributed by atoms with Gasteiger partial charge in [-0.2, -0.15) is 0 Å².